The summed E-state index contributed by atoms with van der Waals surface area (Å²) in [4.78, 5) is 14.5. The van der Waals surface area contributed by atoms with E-state index in [4.69, 9.17) is 4.74 Å². The van der Waals surface area contributed by atoms with Crippen LogP contribution in [0.2, 0.25) is 0 Å². The largest absolute Gasteiger partial charge is 0.416 e. The van der Waals surface area contributed by atoms with Gasteiger partial charge in [0, 0.05) is 31.4 Å². The predicted octanol–water partition coefficient (Wildman–Crippen LogP) is 3.71. The molecular formula is C23H26F3N3O3. The molecule has 0 atom stereocenters. The normalized spacial score (nSPS) is 19.2. The predicted molar refractivity (Wildman–Crippen MR) is 113 cm³/mol. The highest BCUT2D eigenvalue weighted by molar-refractivity contribution is 5.89. The molecule has 2 aliphatic rings. The first-order valence-electron chi connectivity index (χ1n) is 10.6. The molecule has 0 spiro atoms. The van der Waals surface area contributed by atoms with E-state index in [0.29, 0.717) is 12.2 Å². The van der Waals surface area contributed by atoms with Gasteiger partial charge in [0.05, 0.1) is 18.8 Å². The summed E-state index contributed by atoms with van der Waals surface area (Å²) in [5.74, 6) is 0. The van der Waals surface area contributed by atoms with Crippen LogP contribution in [0.15, 0.2) is 48.5 Å². The summed E-state index contributed by atoms with van der Waals surface area (Å²) in [6, 6.07) is 12.0. The summed E-state index contributed by atoms with van der Waals surface area (Å²) in [7, 11) is 0. The summed E-state index contributed by atoms with van der Waals surface area (Å²) < 4.78 is 43.1. The minimum atomic E-state index is -4.32. The van der Waals surface area contributed by atoms with Gasteiger partial charge < -0.3 is 20.5 Å². The SMILES string of the molecule is O=C(Nc1ccc(C2(O)COC2)cc1)NC1CCN(Cc2ccc(C(F)(F)F)cc2)CC1. The van der Waals surface area contributed by atoms with E-state index < -0.39 is 17.3 Å². The first-order chi connectivity index (χ1) is 15.2. The van der Waals surface area contributed by atoms with E-state index in [1.54, 1.807) is 24.3 Å². The molecule has 2 aromatic carbocycles. The number of aliphatic hydroxyl groups is 1. The Labute approximate surface area is 184 Å². The zero-order valence-electron chi connectivity index (χ0n) is 17.5. The van der Waals surface area contributed by atoms with Crippen molar-refractivity contribution in [2.75, 3.05) is 31.6 Å². The average molecular weight is 449 g/mol. The Kier molecular flexibility index (Phi) is 6.41. The number of anilines is 1. The molecule has 2 aliphatic heterocycles. The van der Waals surface area contributed by atoms with E-state index in [0.717, 1.165) is 49.2 Å². The number of hydrogen-bond acceptors (Lipinski definition) is 4. The number of hydrogen-bond donors (Lipinski definition) is 3. The van der Waals surface area contributed by atoms with Gasteiger partial charge in [-0.15, -0.1) is 0 Å². The third-order valence-electron chi connectivity index (χ3n) is 5.97. The molecule has 0 radical (unpaired) electrons. The van der Waals surface area contributed by atoms with Crippen LogP contribution in [0, 0.1) is 0 Å². The van der Waals surface area contributed by atoms with Crippen molar-refractivity contribution in [2.24, 2.45) is 0 Å². The van der Waals surface area contributed by atoms with Crippen LogP contribution >= 0.6 is 0 Å². The summed E-state index contributed by atoms with van der Waals surface area (Å²) >= 11 is 0. The number of nitrogens with one attached hydrogen (secondary N) is 2. The molecule has 9 heteroatoms. The highest BCUT2D eigenvalue weighted by Crippen LogP contribution is 2.30. The molecule has 0 aromatic heterocycles. The highest BCUT2D eigenvalue weighted by Gasteiger charge is 2.37. The molecule has 0 aliphatic carbocycles. The number of amides is 2. The second-order valence-electron chi connectivity index (χ2n) is 8.45. The van der Waals surface area contributed by atoms with Gasteiger partial charge in [0.1, 0.15) is 5.60 Å². The molecule has 0 unspecified atom stereocenters. The summed E-state index contributed by atoms with van der Waals surface area (Å²) in [5.41, 5.74) is 0.654. The number of nitrogens with zero attached hydrogens (tertiary/aromatic N) is 1. The van der Waals surface area contributed by atoms with Gasteiger partial charge in [-0.25, -0.2) is 4.79 Å². The number of likely N-dealkylation sites (tertiary alicyclic amines) is 1. The number of halogens is 3. The number of carbonyl (C=O) groups is 1. The van der Waals surface area contributed by atoms with Crippen molar-refractivity contribution in [1.29, 1.82) is 0 Å². The number of carbonyl (C=O) groups excluding carboxylic acids is 1. The molecule has 2 fully saturated rings. The molecule has 6 nitrogen and oxygen atoms in total. The van der Waals surface area contributed by atoms with Crippen LogP contribution in [-0.4, -0.2) is 48.4 Å². The van der Waals surface area contributed by atoms with E-state index in [-0.39, 0.29) is 25.3 Å². The Balaban J connectivity index is 1.20. The van der Waals surface area contributed by atoms with Gasteiger partial charge in [-0.1, -0.05) is 24.3 Å². The monoisotopic (exact) mass is 449 g/mol. The Morgan fingerprint density at radius 3 is 2.22 bits per heavy atom. The Bertz CT molecular complexity index is 920. The lowest BCUT2D eigenvalue weighted by Gasteiger charge is -2.36. The molecule has 4 rings (SSSR count). The smallest absolute Gasteiger partial charge is 0.380 e. The summed E-state index contributed by atoms with van der Waals surface area (Å²) in [6.07, 6.45) is -2.79. The maximum absolute atomic E-state index is 12.7. The fraction of sp³-hybridized carbons (Fsp3) is 0.435. The number of alkyl halides is 3. The zero-order valence-corrected chi connectivity index (χ0v) is 17.5. The Hall–Kier alpha value is -2.62. The van der Waals surface area contributed by atoms with Crippen LogP contribution in [0.3, 0.4) is 0 Å². The van der Waals surface area contributed by atoms with Gasteiger partial charge in [-0.2, -0.15) is 13.2 Å². The summed E-state index contributed by atoms with van der Waals surface area (Å²) in [6.45, 7) is 2.64. The third-order valence-corrected chi connectivity index (χ3v) is 5.97. The molecule has 0 bridgehead atoms. The van der Waals surface area contributed by atoms with Crippen molar-refractivity contribution >= 4 is 11.7 Å². The van der Waals surface area contributed by atoms with Crippen LogP contribution < -0.4 is 10.6 Å². The van der Waals surface area contributed by atoms with E-state index in [2.05, 4.69) is 15.5 Å². The molecule has 2 saturated heterocycles. The topological polar surface area (TPSA) is 73.8 Å². The van der Waals surface area contributed by atoms with Crippen molar-refractivity contribution in [3.8, 4) is 0 Å². The molecule has 0 saturated carbocycles. The number of urea groups is 1. The lowest BCUT2D eigenvalue weighted by molar-refractivity contribution is -0.184. The quantitative estimate of drug-likeness (QED) is 0.651. The second-order valence-corrected chi connectivity index (χ2v) is 8.45. The molecular weight excluding hydrogens is 423 g/mol. The van der Waals surface area contributed by atoms with E-state index in [1.807, 2.05) is 0 Å². The minimum absolute atomic E-state index is 0.0333. The van der Waals surface area contributed by atoms with Crippen molar-refractivity contribution in [2.45, 2.75) is 37.2 Å². The van der Waals surface area contributed by atoms with Crippen LogP contribution in [0.4, 0.5) is 23.7 Å². The van der Waals surface area contributed by atoms with Gasteiger partial charge in [0.25, 0.3) is 0 Å². The molecule has 32 heavy (non-hydrogen) atoms. The average Bonchev–Trinajstić information content (AvgIpc) is 2.74. The van der Waals surface area contributed by atoms with Crippen LogP contribution in [0.1, 0.15) is 29.5 Å². The van der Waals surface area contributed by atoms with Crippen LogP contribution in [0.25, 0.3) is 0 Å². The molecule has 2 amide bonds. The second kappa shape index (κ2) is 9.09. The maximum Gasteiger partial charge on any atom is 0.416 e. The number of benzene rings is 2. The van der Waals surface area contributed by atoms with Crippen molar-refractivity contribution in [3.63, 3.8) is 0 Å². The van der Waals surface area contributed by atoms with Crippen LogP contribution in [0.5, 0.6) is 0 Å². The summed E-state index contributed by atoms with van der Waals surface area (Å²) in [5, 5.41) is 16.0. The number of piperidine rings is 1. The number of ether oxygens (including phenoxy) is 1. The fourth-order valence-corrected chi connectivity index (χ4v) is 3.97. The first kappa shape index (κ1) is 22.6. The third kappa shape index (κ3) is 5.40. The Morgan fingerprint density at radius 1 is 1.06 bits per heavy atom. The first-order valence-corrected chi connectivity index (χ1v) is 10.6. The fourth-order valence-electron chi connectivity index (χ4n) is 3.97. The Morgan fingerprint density at radius 2 is 1.69 bits per heavy atom. The van der Waals surface area contributed by atoms with Gasteiger partial charge >= 0.3 is 12.2 Å². The van der Waals surface area contributed by atoms with Crippen LogP contribution in [-0.2, 0) is 23.1 Å². The lowest BCUT2D eigenvalue weighted by Crippen LogP contribution is -2.46. The molecule has 2 heterocycles. The van der Waals surface area contributed by atoms with E-state index in [1.165, 1.54) is 12.1 Å². The van der Waals surface area contributed by atoms with Gasteiger partial charge in [-0.05, 0) is 48.2 Å². The molecule has 3 N–H and O–H groups in total. The highest BCUT2D eigenvalue weighted by atomic mass is 19.4. The van der Waals surface area contributed by atoms with Crippen molar-refractivity contribution in [3.05, 3.63) is 65.2 Å². The molecule has 172 valence electrons. The molecule has 2 aromatic rings. The zero-order chi connectivity index (χ0) is 22.8. The van der Waals surface area contributed by atoms with E-state index >= 15 is 0 Å². The van der Waals surface area contributed by atoms with Crippen molar-refractivity contribution in [1.82, 2.24) is 10.2 Å². The van der Waals surface area contributed by atoms with Gasteiger partial charge in [0.2, 0.25) is 0 Å². The minimum Gasteiger partial charge on any atom is -0.380 e. The lowest BCUT2D eigenvalue weighted by atomic mass is 9.92. The standard InChI is InChI=1S/C23H26F3N3O3/c24-23(25,26)18-3-1-16(2-4-18)13-29-11-9-20(10-12-29)28-21(30)27-19-7-5-17(6-8-19)22(31)14-32-15-22/h1-8,20,31H,9-15H2,(H2,27,28,30). The van der Waals surface area contributed by atoms with Gasteiger partial charge in [0.15, 0.2) is 0 Å². The maximum atomic E-state index is 12.7. The van der Waals surface area contributed by atoms with Gasteiger partial charge in [-0.3, -0.25) is 4.90 Å². The van der Waals surface area contributed by atoms with Crippen molar-refractivity contribution < 1.29 is 27.8 Å². The number of rotatable bonds is 5. The van der Waals surface area contributed by atoms with E-state index in [9.17, 15) is 23.1 Å².